The number of ether oxygens (including phenoxy) is 1. The highest BCUT2D eigenvalue weighted by Crippen LogP contribution is 2.26. The molecule has 5 nitrogen and oxygen atoms in total. The molecule has 0 bridgehead atoms. The Morgan fingerprint density at radius 1 is 1.22 bits per heavy atom. The van der Waals surface area contributed by atoms with Gasteiger partial charge in [-0.05, 0) is 30.2 Å². The van der Waals surface area contributed by atoms with Crippen LogP contribution in [0.15, 0.2) is 54.7 Å². The van der Waals surface area contributed by atoms with E-state index in [1.807, 2.05) is 55.5 Å². The van der Waals surface area contributed by atoms with Crippen LogP contribution in [0.2, 0.25) is 0 Å². The molecule has 3 rings (SSSR count). The summed E-state index contributed by atoms with van der Waals surface area (Å²) in [6.07, 6.45) is 1.21. The number of hydrogen-bond acceptors (Lipinski definition) is 3. The first-order chi connectivity index (χ1) is 11.2. The number of aromatic nitrogens is 1. The molecule has 0 unspecified atom stereocenters. The summed E-state index contributed by atoms with van der Waals surface area (Å²) < 4.78 is 6.99. The highest BCUT2D eigenvalue weighted by molar-refractivity contribution is 5.88. The van der Waals surface area contributed by atoms with E-state index in [2.05, 4.69) is 11.4 Å². The fraction of sp³-hybridized carbons (Fsp3) is 0.111. The molecular weight excluding hydrogens is 290 g/mol. The van der Waals surface area contributed by atoms with E-state index >= 15 is 0 Å². The van der Waals surface area contributed by atoms with E-state index in [1.54, 1.807) is 10.6 Å². The number of nitrogens with zero attached hydrogens (tertiary/aromatic N) is 2. The Balaban J connectivity index is 1.81. The van der Waals surface area contributed by atoms with Gasteiger partial charge in [0.15, 0.2) is 0 Å². The van der Waals surface area contributed by atoms with Crippen LogP contribution < -0.4 is 5.32 Å². The van der Waals surface area contributed by atoms with Crippen LogP contribution in [0.4, 0.5) is 10.6 Å². The molecule has 0 saturated carbocycles. The predicted octanol–water partition coefficient (Wildman–Crippen LogP) is 3.87. The first-order valence-corrected chi connectivity index (χ1v) is 7.18. The minimum Gasteiger partial charge on any atom is -0.444 e. The van der Waals surface area contributed by atoms with Crippen LogP contribution in [-0.4, -0.2) is 10.5 Å². The summed E-state index contributed by atoms with van der Waals surface area (Å²) in [6, 6.07) is 17.2. The molecule has 1 N–H and O–H groups in total. The molecule has 1 aromatic carbocycles. The number of hydrogen-bond donors (Lipinski definition) is 1. The number of nitrogens with one attached hydrogen (secondary N) is 1. The molecule has 2 aromatic heterocycles. The van der Waals surface area contributed by atoms with Gasteiger partial charge in [-0.3, -0.25) is 5.32 Å². The van der Waals surface area contributed by atoms with E-state index < -0.39 is 6.09 Å². The molecule has 0 aliphatic carbocycles. The maximum atomic E-state index is 12.1. The summed E-state index contributed by atoms with van der Waals surface area (Å²) in [5.41, 5.74) is 3.04. The normalized spacial score (nSPS) is 10.3. The molecule has 0 radical (unpaired) electrons. The molecule has 0 atom stereocenters. The van der Waals surface area contributed by atoms with Crippen LogP contribution in [0.1, 0.15) is 16.7 Å². The van der Waals surface area contributed by atoms with Crippen LogP contribution in [0.25, 0.3) is 5.52 Å². The zero-order valence-corrected chi connectivity index (χ0v) is 12.6. The van der Waals surface area contributed by atoms with Crippen molar-refractivity contribution in [1.29, 1.82) is 5.26 Å². The number of aryl methyl sites for hydroxylation is 1. The second-order valence-electron chi connectivity index (χ2n) is 5.10. The third-order valence-corrected chi connectivity index (χ3v) is 3.64. The van der Waals surface area contributed by atoms with Crippen LogP contribution in [-0.2, 0) is 11.3 Å². The molecule has 0 fully saturated rings. The summed E-state index contributed by atoms with van der Waals surface area (Å²) >= 11 is 0. The minimum absolute atomic E-state index is 0.177. The Kier molecular flexibility index (Phi) is 3.98. The standard InChI is InChI=1S/C18H15N3O2/c1-13-15(11-19)17(21-10-6-5-9-16(13)21)20-18(22)23-12-14-7-3-2-4-8-14/h2-10H,12H2,1H3,(H,20,22). The van der Waals surface area contributed by atoms with Gasteiger partial charge in [-0.15, -0.1) is 0 Å². The van der Waals surface area contributed by atoms with Crippen LogP contribution >= 0.6 is 0 Å². The van der Waals surface area contributed by atoms with Gasteiger partial charge in [0, 0.05) is 6.20 Å². The Labute approximate surface area is 133 Å². The zero-order valence-electron chi connectivity index (χ0n) is 12.6. The Hall–Kier alpha value is -3.26. The second kappa shape index (κ2) is 6.24. The number of carbonyl (C=O) groups is 1. The molecule has 0 saturated heterocycles. The molecule has 5 heteroatoms. The molecule has 23 heavy (non-hydrogen) atoms. The van der Waals surface area contributed by atoms with Crippen molar-refractivity contribution < 1.29 is 9.53 Å². The van der Waals surface area contributed by atoms with Gasteiger partial charge in [0.05, 0.1) is 11.1 Å². The van der Waals surface area contributed by atoms with E-state index in [4.69, 9.17) is 4.74 Å². The number of carbonyl (C=O) groups excluding carboxylic acids is 1. The molecule has 0 aliphatic heterocycles. The first-order valence-electron chi connectivity index (χ1n) is 7.18. The Morgan fingerprint density at radius 3 is 2.70 bits per heavy atom. The summed E-state index contributed by atoms with van der Waals surface area (Å²) in [5, 5.41) is 12.0. The molecule has 3 aromatic rings. The maximum Gasteiger partial charge on any atom is 0.413 e. The topological polar surface area (TPSA) is 66.5 Å². The van der Waals surface area contributed by atoms with Crippen molar-refractivity contribution in [3.63, 3.8) is 0 Å². The zero-order chi connectivity index (χ0) is 16.2. The average Bonchev–Trinajstić information content (AvgIpc) is 2.86. The molecule has 114 valence electrons. The smallest absolute Gasteiger partial charge is 0.413 e. The maximum absolute atomic E-state index is 12.1. The number of fused-ring (bicyclic) bond motifs is 1. The quantitative estimate of drug-likeness (QED) is 0.798. The Bertz CT molecular complexity index is 892. The van der Waals surface area contributed by atoms with Crippen LogP contribution in [0.5, 0.6) is 0 Å². The number of nitriles is 1. The van der Waals surface area contributed by atoms with Gasteiger partial charge in [-0.2, -0.15) is 5.26 Å². The number of amides is 1. The Morgan fingerprint density at radius 2 is 1.96 bits per heavy atom. The lowest BCUT2D eigenvalue weighted by Gasteiger charge is -2.08. The minimum atomic E-state index is -0.589. The SMILES string of the molecule is Cc1c(C#N)c(NC(=O)OCc2ccccc2)n2ccccc12. The monoisotopic (exact) mass is 305 g/mol. The fourth-order valence-electron chi connectivity index (χ4n) is 2.49. The van der Waals surface area contributed by atoms with Crippen molar-refractivity contribution in [2.45, 2.75) is 13.5 Å². The van der Waals surface area contributed by atoms with E-state index in [1.165, 1.54) is 0 Å². The summed E-state index contributed by atoms with van der Waals surface area (Å²) in [4.78, 5) is 12.1. The third-order valence-electron chi connectivity index (χ3n) is 3.64. The van der Waals surface area contributed by atoms with Crippen molar-refractivity contribution in [3.05, 3.63) is 71.4 Å². The first kappa shape index (κ1) is 14.7. The fourth-order valence-corrected chi connectivity index (χ4v) is 2.49. The van der Waals surface area contributed by atoms with Crippen molar-refractivity contribution in [3.8, 4) is 6.07 Å². The number of pyridine rings is 1. The van der Waals surface area contributed by atoms with Gasteiger partial charge < -0.3 is 9.14 Å². The van der Waals surface area contributed by atoms with Crippen LogP contribution in [0.3, 0.4) is 0 Å². The highest BCUT2D eigenvalue weighted by Gasteiger charge is 2.17. The lowest BCUT2D eigenvalue weighted by Crippen LogP contribution is -2.15. The molecule has 0 aliphatic rings. The van der Waals surface area contributed by atoms with Crippen molar-refractivity contribution in [2.75, 3.05) is 5.32 Å². The lowest BCUT2D eigenvalue weighted by atomic mass is 10.2. The number of rotatable bonds is 3. The number of anilines is 1. The van der Waals surface area contributed by atoms with Gasteiger partial charge in [0.25, 0.3) is 0 Å². The van der Waals surface area contributed by atoms with Crippen molar-refractivity contribution >= 4 is 17.4 Å². The molecule has 0 spiro atoms. The molecule has 2 heterocycles. The van der Waals surface area contributed by atoms with E-state index in [0.29, 0.717) is 11.4 Å². The number of benzene rings is 1. The van der Waals surface area contributed by atoms with Gasteiger partial charge in [-0.25, -0.2) is 4.79 Å². The van der Waals surface area contributed by atoms with E-state index in [-0.39, 0.29) is 6.61 Å². The van der Waals surface area contributed by atoms with E-state index in [9.17, 15) is 10.1 Å². The summed E-state index contributed by atoms with van der Waals surface area (Å²) in [7, 11) is 0. The van der Waals surface area contributed by atoms with Gasteiger partial charge in [0.1, 0.15) is 18.5 Å². The van der Waals surface area contributed by atoms with Gasteiger partial charge in [0.2, 0.25) is 0 Å². The summed E-state index contributed by atoms with van der Waals surface area (Å²) in [6.45, 7) is 2.03. The molecular formula is C18H15N3O2. The highest BCUT2D eigenvalue weighted by atomic mass is 16.5. The van der Waals surface area contributed by atoms with Gasteiger partial charge >= 0.3 is 6.09 Å². The second-order valence-corrected chi connectivity index (χ2v) is 5.10. The predicted molar refractivity (Wildman–Crippen MR) is 87.1 cm³/mol. The van der Waals surface area contributed by atoms with Crippen molar-refractivity contribution in [1.82, 2.24) is 4.40 Å². The van der Waals surface area contributed by atoms with Crippen LogP contribution in [0, 0.1) is 18.3 Å². The molecule has 1 amide bonds. The lowest BCUT2D eigenvalue weighted by molar-refractivity contribution is 0.155. The third kappa shape index (κ3) is 2.87. The largest absolute Gasteiger partial charge is 0.444 e. The average molecular weight is 305 g/mol. The van der Waals surface area contributed by atoms with Gasteiger partial charge in [-0.1, -0.05) is 36.4 Å². The van der Waals surface area contributed by atoms with E-state index in [0.717, 1.165) is 16.6 Å². The van der Waals surface area contributed by atoms with Crippen molar-refractivity contribution in [2.24, 2.45) is 0 Å². The summed E-state index contributed by atoms with van der Waals surface area (Å²) in [5.74, 6) is 0.429.